The lowest BCUT2D eigenvalue weighted by atomic mass is 9.95. The van der Waals surface area contributed by atoms with Gasteiger partial charge in [-0.3, -0.25) is 19.2 Å². The summed E-state index contributed by atoms with van der Waals surface area (Å²) in [6, 6.07) is 6.72. The standard InChI is InChI=1S/C29H39N5O5/c1-17(2)25(34-28(38)24-15-19-9-5-6-10-22(19)32-24)29(39)33-23(13-18-7-3-4-8-18)27(37)31-21(16-35)14-20-11-12-30-26(20)36/h5-6,9-10,15-18,20-21,23,25,32H,3-4,7-8,11-14H2,1-2H3,(H,30,36)(H,31,37)(H,33,39)(H,34,38)/t20-,21-,23-,25-/m0/s1. The van der Waals surface area contributed by atoms with Gasteiger partial charge in [0.1, 0.15) is 24.1 Å². The van der Waals surface area contributed by atoms with E-state index in [-0.39, 0.29) is 30.1 Å². The predicted octanol–water partition coefficient (Wildman–Crippen LogP) is 2.20. The highest BCUT2D eigenvalue weighted by atomic mass is 16.2. The van der Waals surface area contributed by atoms with Gasteiger partial charge in [0.15, 0.2) is 0 Å². The molecule has 1 aromatic heterocycles. The van der Waals surface area contributed by atoms with E-state index in [2.05, 4.69) is 26.3 Å². The number of para-hydroxylation sites is 1. The zero-order valence-corrected chi connectivity index (χ0v) is 22.6. The zero-order valence-electron chi connectivity index (χ0n) is 22.6. The molecular formula is C29H39N5O5. The third-order valence-electron chi connectivity index (χ3n) is 7.88. The summed E-state index contributed by atoms with van der Waals surface area (Å²) in [5.74, 6) is -1.70. The van der Waals surface area contributed by atoms with Crippen LogP contribution in [-0.4, -0.2) is 59.6 Å². The predicted molar refractivity (Wildman–Crippen MR) is 147 cm³/mol. The Morgan fingerprint density at radius 1 is 1.00 bits per heavy atom. The first kappa shape index (κ1) is 28.3. The summed E-state index contributed by atoms with van der Waals surface area (Å²) in [6.07, 6.45) is 6.05. The second kappa shape index (κ2) is 12.9. The zero-order chi connectivity index (χ0) is 27.9. The minimum atomic E-state index is -0.869. The molecule has 10 nitrogen and oxygen atoms in total. The number of H-pyrrole nitrogens is 1. The van der Waals surface area contributed by atoms with E-state index in [0.717, 1.165) is 36.6 Å². The summed E-state index contributed by atoms with van der Waals surface area (Å²) in [5.41, 5.74) is 1.17. The van der Waals surface area contributed by atoms with Crippen LogP contribution in [0.5, 0.6) is 0 Å². The summed E-state index contributed by atoms with van der Waals surface area (Å²) in [6.45, 7) is 4.22. The highest BCUT2D eigenvalue weighted by molar-refractivity contribution is 6.00. The molecule has 0 spiro atoms. The van der Waals surface area contributed by atoms with Crippen LogP contribution in [0.2, 0.25) is 0 Å². The van der Waals surface area contributed by atoms with Gasteiger partial charge in [-0.05, 0) is 43.2 Å². The lowest BCUT2D eigenvalue weighted by Gasteiger charge is -2.27. The number of hydrogen-bond acceptors (Lipinski definition) is 5. The molecule has 0 radical (unpaired) electrons. The number of fused-ring (bicyclic) bond motifs is 1. The molecule has 0 bridgehead atoms. The Morgan fingerprint density at radius 2 is 1.74 bits per heavy atom. The smallest absolute Gasteiger partial charge is 0.268 e. The molecule has 1 saturated carbocycles. The Labute approximate surface area is 228 Å². The molecule has 2 aliphatic rings. The van der Waals surface area contributed by atoms with Crippen LogP contribution >= 0.6 is 0 Å². The van der Waals surface area contributed by atoms with Crippen LogP contribution in [-0.2, 0) is 19.2 Å². The van der Waals surface area contributed by atoms with Crippen molar-refractivity contribution in [3.8, 4) is 0 Å². The summed E-state index contributed by atoms with van der Waals surface area (Å²) in [7, 11) is 0. The number of aromatic amines is 1. The number of carbonyl (C=O) groups is 5. The van der Waals surface area contributed by atoms with Crippen molar-refractivity contribution in [2.75, 3.05) is 6.54 Å². The number of rotatable bonds is 12. The van der Waals surface area contributed by atoms with Crippen LogP contribution in [0.3, 0.4) is 0 Å². The van der Waals surface area contributed by atoms with Gasteiger partial charge in [-0.2, -0.15) is 0 Å². The Morgan fingerprint density at radius 3 is 2.38 bits per heavy atom. The molecule has 2 aromatic rings. The summed E-state index contributed by atoms with van der Waals surface area (Å²) < 4.78 is 0. The lowest BCUT2D eigenvalue weighted by molar-refractivity contribution is -0.132. The highest BCUT2D eigenvalue weighted by Gasteiger charge is 2.33. The molecule has 5 N–H and O–H groups in total. The van der Waals surface area contributed by atoms with Gasteiger partial charge in [-0.1, -0.05) is 57.7 Å². The second-order valence-electron chi connectivity index (χ2n) is 11.2. The average molecular weight is 538 g/mol. The van der Waals surface area contributed by atoms with Gasteiger partial charge in [0.05, 0.1) is 6.04 Å². The normalized spacial score (nSPS) is 19.9. The van der Waals surface area contributed by atoms with Crippen molar-refractivity contribution >= 4 is 40.8 Å². The quantitative estimate of drug-likeness (QED) is 0.263. The van der Waals surface area contributed by atoms with E-state index in [1.54, 1.807) is 6.07 Å². The van der Waals surface area contributed by atoms with Gasteiger partial charge in [-0.15, -0.1) is 0 Å². The molecule has 0 unspecified atom stereocenters. The van der Waals surface area contributed by atoms with Gasteiger partial charge in [0, 0.05) is 23.4 Å². The number of aldehydes is 1. The van der Waals surface area contributed by atoms with Crippen molar-refractivity contribution in [2.45, 2.75) is 76.9 Å². The van der Waals surface area contributed by atoms with Crippen LogP contribution in [0.25, 0.3) is 10.9 Å². The Kier molecular flexibility index (Phi) is 9.37. The fourth-order valence-corrected chi connectivity index (χ4v) is 5.63. The highest BCUT2D eigenvalue weighted by Crippen LogP contribution is 2.29. The average Bonchev–Trinajstić information content (AvgIpc) is 3.67. The first-order chi connectivity index (χ1) is 18.7. The largest absolute Gasteiger partial charge is 0.356 e. The summed E-state index contributed by atoms with van der Waals surface area (Å²) >= 11 is 0. The first-order valence-electron chi connectivity index (χ1n) is 14.0. The van der Waals surface area contributed by atoms with Gasteiger partial charge < -0.3 is 31.0 Å². The molecule has 210 valence electrons. The third-order valence-corrected chi connectivity index (χ3v) is 7.88. The maximum Gasteiger partial charge on any atom is 0.268 e. The Hall–Kier alpha value is -3.69. The van der Waals surface area contributed by atoms with Crippen LogP contribution in [0.4, 0.5) is 0 Å². The fraction of sp³-hybridized carbons (Fsp3) is 0.552. The topological polar surface area (TPSA) is 149 Å². The number of hydrogen-bond donors (Lipinski definition) is 5. The van der Waals surface area contributed by atoms with Gasteiger partial charge in [-0.25, -0.2) is 0 Å². The van der Waals surface area contributed by atoms with E-state index in [9.17, 15) is 24.0 Å². The minimum absolute atomic E-state index is 0.114. The molecule has 1 aromatic carbocycles. The van der Waals surface area contributed by atoms with Crippen molar-refractivity contribution in [1.82, 2.24) is 26.3 Å². The summed E-state index contributed by atoms with van der Waals surface area (Å²) in [4.78, 5) is 66.6. The Bertz CT molecular complexity index is 1170. The molecule has 4 amide bonds. The van der Waals surface area contributed by atoms with Crippen molar-refractivity contribution in [3.63, 3.8) is 0 Å². The fourth-order valence-electron chi connectivity index (χ4n) is 5.63. The monoisotopic (exact) mass is 537 g/mol. The molecular weight excluding hydrogens is 498 g/mol. The van der Waals surface area contributed by atoms with Crippen LogP contribution in [0, 0.1) is 17.8 Å². The van der Waals surface area contributed by atoms with Gasteiger partial charge >= 0.3 is 0 Å². The number of carbonyl (C=O) groups excluding carboxylic acids is 5. The first-order valence-corrected chi connectivity index (χ1v) is 14.0. The van der Waals surface area contributed by atoms with Crippen molar-refractivity contribution in [3.05, 3.63) is 36.0 Å². The van der Waals surface area contributed by atoms with Crippen LogP contribution < -0.4 is 21.3 Å². The van der Waals surface area contributed by atoms with Crippen LogP contribution in [0.1, 0.15) is 69.3 Å². The number of amides is 4. The number of nitrogens with one attached hydrogen (secondary N) is 5. The maximum atomic E-state index is 13.5. The molecule has 4 rings (SSSR count). The number of benzene rings is 1. The van der Waals surface area contributed by atoms with E-state index >= 15 is 0 Å². The Balaban J connectivity index is 1.44. The van der Waals surface area contributed by atoms with E-state index < -0.39 is 35.8 Å². The van der Waals surface area contributed by atoms with E-state index in [1.165, 1.54) is 0 Å². The van der Waals surface area contributed by atoms with E-state index in [4.69, 9.17) is 0 Å². The van der Waals surface area contributed by atoms with Crippen molar-refractivity contribution < 1.29 is 24.0 Å². The van der Waals surface area contributed by atoms with Gasteiger partial charge in [0.2, 0.25) is 17.7 Å². The molecule has 1 saturated heterocycles. The van der Waals surface area contributed by atoms with E-state index in [0.29, 0.717) is 31.4 Å². The molecule has 39 heavy (non-hydrogen) atoms. The molecule has 2 fully saturated rings. The minimum Gasteiger partial charge on any atom is -0.356 e. The van der Waals surface area contributed by atoms with Crippen LogP contribution in [0.15, 0.2) is 30.3 Å². The summed E-state index contributed by atoms with van der Waals surface area (Å²) in [5, 5.41) is 12.1. The number of aromatic nitrogens is 1. The lowest BCUT2D eigenvalue weighted by Crippen LogP contribution is -2.57. The molecule has 2 heterocycles. The molecule has 1 aliphatic carbocycles. The van der Waals surface area contributed by atoms with E-state index in [1.807, 2.05) is 38.1 Å². The molecule has 10 heteroatoms. The van der Waals surface area contributed by atoms with Gasteiger partial charge in [0.25, 0.3) is 5.91 Å². The molecule has 1 aliphatic heterocycles. The molecule has 4 atom stereocenters. The van der Waals surface area contributed by atoms with Crippen molar-refractivity contribution in [2.24, 2.45) is 17.8 Å². The SMILES string of the molecule is CC(C)[C@H](NC(=O)c1cc2ccccc2[nH]1)C(=O)N[C@@H](CC1CCCC1)C(=O)N[C@H](C=O)C[C@@H]1CCNC1=O. The second-order valence-corrected chi connectivity index (χ2v) is 11.2. The maximum absolute atomic E-state index is 13.5. The van der Waals surface area contributed by atoms with Crippen molar-refractivity contribution in [1.29, 1.82) is 0 Å². The third kappa shape index (κ3) is 7.25.